The summed E-state index contributed by atoms with van der Waals surface area (Å²) in [7, 11) is 4.01. The van der Waals surface area contributed by atoms with Gasteiger partial charge in [-0.2, -0.15) is 0 Å². The lowest BCUT2D eigenvalue weighted by Gasteiger charge is -2.33. The summed E-state index contributed by atoms with van der Waals surface area (Å²) in [5.41, 5.74) is 2.91. The van der Waals surface area contributed by atoms with E-state index in [1.165, 1.54) is 0 Å². The van der Waals surface area contributed by atoms with Gasteiger partial charge in [-0.15, -0.1) is 0 Å². The predicted molar refractivity (Wildman–Crippen MR) is 112 cm³/mol. The van der Waals surface area contributed by atoms with Crippen LogP contribution in [0, 0.1) is 17.8 Å². The quantitative estimate of drug-likeness (QED) is 0.745. The minimum Gasteiger partial charge on any atom is -0.377 e. The van der Waals surface area contributed by atoms with Crippen molar-refractivity contribution >= 4 is 23.2 Å². The standard InChI is InChI=1S/C22H35N3O2/c1-14(2)16(5)25(22(27)17-8-9-17)13-18-12-19(23-21(26)15(3)4)10-11-20(18)24(6)7/h10-12,14-17H,8-9,13H2,1-7H3,(H,23,26)/t16-/m0/s1. The third-order valence-corrected chi connectivity index (χ3v) is 5.36. The zero-order valence-corrected chi connectivity index (χ0v) is 17.9. The molecule has 0 aliphatic heterocycles. The Morgan fingerprint density at radius 2 is 1.74 bits per heavy atom. The van der Waals surface area contributed by atoms with Crippen molar-refractivity contribution in [2.75, 3.05) is 24.3 Å². The van der Waals surface area contributed by atoms with E-state index in [4.69, 9.17) is 0 Å². The van der Waals surface area contributed by atoms with Gasteiger partial charge in [0, 0.05) is 49.9 Å². The first-order valence-electron chi connectivity index (χ1n) is 10.0. The second-order valence-electron chi connectivity index (χ2n) is 8.61. The van der Waals surface area contributed by atoms with E-state index in [0.717, 1.165) is 29.8 Å². The Morgan fingerprint density at radius 3 is 2.22 bits per heavy atom. The highest BCUT2D eigenvalue weighted by Crippen LogP contribution is 2.34. The second-order valence-corrected chi connectivity index (χ2v) is 8.61. The summed E-state index contributed by atoms with van der Waals surface area (Å²) in [5, 5.41) is 2.98. The number of hydrogen-bond donors (Lipinski definition) is 1. The van der Waals surface area contributed by atoms with Crippen LogP contribution in [-0.2, 0) is 16.1 Å². The minimum absolute atomic E-state index is 0.0000134. The fourth-order valence-electron chi connectivity index (χ4n) is 3.04. The van der Waals surface area contributed by atoms with Gasteiger partial charge in [0.25, 0.3) is 0 Å². The van der Waals surface area contributed by atoms with Crippen LogP contribution in [0.25, 0.3) is 0 Å². The number of rotatable bonds is 8. The van der Waals surface area contributed by atoms with Gasteiger partial charge in [0.15, 0.2) is 0 Å². The molecule has 1 aromatic rings. The summed E-state index contributed by atoms with van der Waals surface area (Å²) in [5.74, 6) is 0.769. The summed E-state index contributed by atoms with van der Waals surface area (Å²) in [4.78, 5) is 29.1. The molecule has 1 saturated carbocycles. The van der Waals surface area contributed by atoms with Crippen LogP contribution in [0.5, 0.6) is 0 Å². The van der Waals surface area contributed by atoms with Crippen LogP contribution >= 0.6 is 0 Å². The first-order chi connectivity index (χ1) is 12.6. The summed E-state index contributed by atoms with van der Waals surface area (Å²) in [6, 6.07) is 6.13. The molecule has 1 N–H and O–H groups in total. The number of nitrogens with one attached hydrogen (secondary N) is 1. The van der Waals surface area contributed by atoms with Gasteiger partial charge in [0.1, 0.15) is 0 Å². The molecule has 0 heterocycles. The van der Waals surface area contributed by atoms with Gasteiger partial charge in [0.2, 0.25) is 11.8 Å². The highest BCUT2D eigenvalue weighted by atomic mass is 16.2. The molecule has 1 aromatic carbocycles. The maximum absolute atomic E-state index is 12.9. The van der Waals surface area contributed by atoms with Crippen molar-refractivity contribution in [3.8, 4) is 0 Å². The zero-order chi connectivity index (χ0) is 20.3. The first kappa shape index (κ1) is 21.3. The van der Waals surface area contributed by atoms with E-state index in [1.54, 1.807) is 0 Å². The molecule has 0 bridgehead atoms. The Morgan fingerprint density at radius 1 is 1.11 bits per heavy atom. The van der Waals surface area contributed by atoms with Crippen molar-refractivity contribution in [3.05, 3.63) is 23.8 Å². The van der Waals surface area contributed by atoms with Crippen molar-refractivity contribution in [1.82, 2.24) is 4.90 Å². The number of amides is 2. The topological polar surface area (TPSA) is 52.7 Å². The Hall–Kier alpha value is -2.04. The predicted octanol–water partition coefficient (Wildman–Crippen LogP) is 4.13. The lowest BCUT2D eigenvalue weighted by Crippen LogP contribution is -2.42. The van der Waals surface area contributed by atoms with Gasteiger partial charge in [-0.1, -0.05) is 27.7 Å². The Kier molecular flexibility index (Phi) is 6.90. The van der Waals surface area contributed by atoms with E-state index in [0.29, 0.717) is 12.5 Å². The molecule has 0 aromatic heterocycles. The van der Waals surface area contributed by atoms with E-state index in [1.807, 2.05) is 51.0 Å². The van der Waals surface area contributed by atoms with E-state index < -0.39 is 0 Å². The Labute approximate surface area is 164 Å². The normalized spacial score (nSPS) is 15.0. The fraction of sp³-hybridized carbons (Fsp3) is 0.636. The zero-order valence-electron chi connectivity index (χ0n) is 17.9. The highest BCUT2D eigenvalue weighted by molar-refractivity contribution is 5.92. The SMILES string of the molecule is CC(C)C(=O)Nc1ccc(N(C)C)c(CN(C(=O)C2CC2)[C@@H](C)C(C)C)c1. The average Bonchev–Trinajstić information content (AvgIpc) is 3.43. The maximum atomic E-state index is 12.9. The van der Waals surface area contributed by atoms with Crippen LogP contribution in [-0.4, -0.2) is 36.9 Å². The molecule has 150 valence electrons. The molecule has 1 atom stereocenters. The van der Waals surface area contributed by atoms with Gasteiger partial charge >= 0.3 is 0 Å². The van der Waals surface area contributed by atoms with Crippen LogP contribution in [0.15, 0.2) is 18.2 Å². The highest BCUT2D eigenvalue weighted by Gasteiger charge is 2.36. The molecule has 0 spiro atoms. The van der Waals surface area contributed by atoms with Gasteiger partial charge in [-0.25, -0.2) is 0 Å². The molecule has 0 unspecified atom stereocenters. The Balaban J connectivity index is 2.33. The van der Waals surface area contributed by atoms with Crippen molar-refractivity contribution in [3.63, 3.8) is 0 Å². The molecule has 1 aliphatic rings. The van der Waals surface area contributed by atoms with Crippen LogP contribution in [0.2, 0.25) is 0 Å². The average molecular weight is 374 g/mol. The molecular formula is C22H35N3O2. The van der Waals surface area contributed by atoms with Crippen molar-refractivity contribution in [1.29, 1.82) is 0 Å². The second kappa shape index (κ2) is 8.77. The lowest BCUT2D eigenvalue weighted by molar-refractivity contribution is -0.136. The molecule has 1 fully saturated rings. The summed E-state index contributed by atoms with van der Waals surface area (Å²) in [6.07, 6.45) is 2.01. The van der Waals surface area contributed by atoms with E-state index in [2.05, 4.69) is 31.0 Å². The lowest BCUT2D eigenvalue weighted by atomic mass is 10.0. The third kappa shape index (κ3) is 5.47. The monoisotopic (exact) mass is 373 g/mol. The first-order valence-corrected chi connectivity index (χ1v) is 10.0. The largest absolute Gasteiger partial charge is 0.377 e. The Bertz CT molecular complexity index is 678. The number of carbonyl (C=O) groups is 2. The number of hydrogen-bond acceptors (Lipinski definition) is 3. The molecule has 5 heteroatoms. The molecule has 5 nitrogen and oxygen atoms in total. The summed E-state index contributed by atoms with van der Waals surface area (Å²) >= 11 is 0. The number of benzene rings is 1. The van der Waals surface area contributed by atoms with Gasteiger partial charge < -0.3 is 15.1 Å². The van der Waals surface area contributed by atoms with Crippen LogP contribution in [0.4, 0.5) is 11.4 Å². The summed E-state index contributed by atoms with van der Waals surface area (Å²) < 4.78 is 0. The number of carbonyl (C=O) groups excluding carboxylic acids is 2. The maximum Gasteiger partial charge on any atom is 0.226 e. The van der Waals surface area contributed by atoms with E-state index in [9.17, 15) is 9.59 Å². The number of anilines is 2. The molecule has 1 aliphatic carbocycles. The van der Waals surface area contributed by atoms with Crippen LogP contribution in [0.1, 0.15) is 53.0 Å². The minimum atomic E-state index is -0.0733. The molecule has 0 radical (unpaired) electrons. The molecule has 2 rings (SSSR count). The molecular weight excluding hydrogens is 338 g/mol. The van der Waals surface area contributed by atoms with E-state index in [-0.39, 0.29) is 29.7 Å². The smallest absolute Gasteiger partial charge is 0.226 e. The molecule has 2 amide bonds. The van der Waals surface area contributed by atoms with Crippen LogP contribution < -0.4 is 10.2 Å². The van der Waals surface area contributed by atoms with Crippen LogP contribution in [0.3, 0.4) is 0 Å². The summed E-state index contributed by atoms with van der Waals surface area (Å²) in [6.45, 7) is 10.8. The van der Waals surface area contributed by atoms with E-state index >= 15 is 0 Å². The van der Waals surface area contributed by atoms with Crippen molar-refractivity contribution in [2.24, 2.45) is 17.8 Å². The van der Waals surface area contributed by atoms with Gasteiger partial charge in [-0.3, -0.25) is 9.59 Å². The molecule has 27 heavy (non-hydrogen) atoms. The molecule has 0 saturated heterocycles. The number of nitrogens with zero attached hydrogens (tertiary/aromatic N) is 2. The third-order valence-electron chi connectivity index (χ3n) is 5.36. The van der Waals surface area contributed by atoms with Gasteiger partial charge in [-0.05, 0) is 49.4 Å². The fourth-order valence-corrected chi connectivity index (χ4v) is 3.04. The van der Waals surface area contributed by atoms with Gasteiger partial charge in [0.05, 0.1) is 0 Å². The van der Waals surface area contributed by atoms with Crippen molar-refractivity contribution < 1.29 is 9.59 Å². The van der Waals surface area contributed by atoms with Crippen molar-refractivity contribution in [2.45, 2.75) is 60.0 Å².